The third kappa shape index (κ3) is 2.76. The summed E-state index contributed by atoms with van der Waals surface area (Å²) < 4.78 is 9.25. The van der Waals surface area contributed by atoms with Gasteiger partial charge in [0.05, 0.1) is 4.90 Å². The quantitative estimate of drug-likeness (QED) is 0.626. The number of ether oxygens (including phenoxy) is 1. The molecule has 0 saturated heterocycles. The fourth-order valence-electron chi connectivity index (χ4n) is 1.53. The third-order valence-electron chi connectivity index (χ3n) is 2.33. The first-order valence-corrected chi connectivity index (χ1v) is 5.98. The summed E-state index contributed by atoms with van der Waals surface area (Å²) in [5.41, 5.74) is 0. The molecule has 0 fully saturated rings. The van der Waals surface area contributed by atoms with E-state index in [1.54, 1.807) is 11.9 Å². The maximum Gasteiger partial charge on any atom is 0.134 e. The SMILES string of the molecule is C=CCCC1CNSc2ccccc2O1. The van der Waals surface area contributed by atoms with Crippen LogP contribution in [0.1, 0.15) is 12.8 Å². The molecule has 0 amide bonds. The van der Waals surface area contributed by atoms with E-state index in [0.29, 0.717) is 0 Å². The van der Waals surface area contributed by atoms with Crippen molar-refractivity contribution in [3.8, 4) is 5.75 Å². The standard InChI is InChI=1S/C12H15NOS/c1-2-3-6-10-9-13-15-12-8-5-4-7-11(12)14-10/h2,4-5,7-8,10,13H,1,3,6,9H2. The molecular formula is C12H15NOS. The molecule has 0 saturated carbocycles. The van der Waals surface area contributed by atoms with Gasteiger partial charge >= 0.3 is 0 Å². The van der Waals surface area contributed by atoms with Gasteiger partial charge in [-0.15, -0.1) is 6.58 Å². The van der Waals surface area contributed by atoms with E-state index in [-0.39, 0.29) is 6.10 Å². The molecule has 1 aliphatic heterocycles. The summed E-state index contributed by atoms with van der Waals surface area (Å²) in [6.45, 7) is 4.61. The lowest BCUT2D eigenvalue weighted by Crippen LogP contribution is -2.25. The van der Waals surface area contributed by atoms with Crippen LogP contribution in [-0.2, 0) is 0 Å². The fourth-order valence-corrected chi connectivity index (χ4v) is 2.32. The van der Waals surface area contributed by atoms with Crippen molar-refractivity contribution in [2.24, 2.45) is 0 Å². The summed E-state index contributed by atoms with van der Waals surface area (Å²) in [4.78, 5) is 1.17. The minimum absolute atomic E-state index is 0.249. The first-order valence-electron chi connectivity index (χ1n) is 5.16. The van der Waals surface area contributed by atoms with Gasteiger partial charge in [-0.05, 0) is 36.9 Å². The molecule has 0 aliphatic carbocycles. The summed E-state index contributed by atoms with van der Waals surface area (Å²) >= 11 is 1.65. The zero-order valence-corrected chi connectivity index (χ0v) is 9.43. The molecule has 1 atom stereocenters. The van der Waals surface area contributed by atoms with Gasteiger partial charge in [0.1, 0.15) is 11.9 Å². The second-order valence-electron chi connectivity index (χ2n) is 3.50. The molecule has 0 spiro atoms. The van der Waals surface area contributed by atoms with Gasteiger partial charge in [-0.1, -0.05) is 18.2 Å². The molecule has 1 N–H and O–H groups in total. The Bertz CT molecular complexity index is 340. The van der Waals surface area contributed by atoms with E-state index in [1.807, 2.05) is 24.3 Å². The van der Waals surface area contributed by atoms with Gasteiger partial charge in [0.25, 0.3) is 0 Å². The van der Waals surface area contributed by atoms with Crippen LogP contribution in [-0.4, -0.2) is 12.6 Å². The largest absolute Gasteiger partial charge is 0.488 e. The van der Waals surface area contributed by atoms with Crippen molar-refractivity contribution >= 4 is 11.9 Å². The van der Waals surface area contributed by atoms with Crippen molar-refractivity contribution in [2.75, 3.05) is 6.54 Å². The minimum atomic E-state index is 0.249. The number of allylic oxidation sites excluding steroid dienone is 1. The van der Waals surface area contributed by atoms with Crippen LogP contribution in [0.15, 0.2) is 41.8 Å². The minimum Gasteiger partial charge on any atom is -0.488 e. The molecular weight excluding hydrogens is 206 g/mol. The number of para-hydroxylation sites is 1. The Morgan fingerprint density at radius 1 is 1.53 bits per heavy atom. The highest BCUT2D eigenvalue weighted by molar-refractivity contribution is 7.97. The number of nitrogens with one attached hydrogen (secondary N) is 1. The number of benzene rings is 1. The van der Waals surface area contributed by atoms with Crippen LogP contribution < -0.4 is 9.46 Å². The van der Waals surface area contributed by atoms with Crippen LogP contribution in [0, 0.1) is 0 Å². The van der Waals surface area contributed by atoms with Gasteiger partial charge in [0.2, 0.25) is 0 Å². The lowest BCUT2D eigenvalue weighted by Gasteiger charge is -2.15. The summed E-state index contributed by atoms with van der Waals surface area (Å²) in [5, 5.41) is 0. The predicted molar refractivity (Wildman–Crippen MR) is 64.1 cm³/mol. The monoisotopic (exact) mass is 221 g/mol. The molecule has 15 heavy (non-hydrogen) atoms. The molecule has 2 rings (SSSR count). The maximum absolute atomic E-state index is 5.93. The summed E-state index contributed by atoms with van der Waals surface area (Å²) in [5.74, 6) is 0.988. The predicted octanol–water partition coefficient (Wildman–Crippen LogP) is 3.01. The number of hydrogen-bond donors (Lipinski definition) is 1. The molecule has 0 aromatic heterocycles. The Morgan fingerprint density at radius 3 is 3.27 bits per heavy atom. The average Bonchev–Trinajstić information content (AvgIpc) is 2.47. The van der Waals surface area contributed by atoms with Crippen LogP contribution >= 0.6 is 11.9 Å². The van der Waals surface area contributed by atoms with Gasteiger partial charge in [-0.3, -0.25) is 4.72 Å². The summed E-state index contributed by atoms with van der Waals surface area (Å²) in [6, 6.07) is 8.13. The molecule has 3 heteroatoms. The van der Waals surface area contributed by atoms with Crippen molar-refractivity contribution < 1.29 is 4.74 Å². The summed E-state index contributed by atoms with van der Waals surface area (Å²) in [7, 11) is 0. The smallest absolute Gasteiger partial charge is 0.134 e. The molecule has 1 heterocycles. The first kappa shape index (κ1) is 10.6. The zero-order chi connectivity index (χ0) is 10.5. The van der Waals surface area contributed by atoms with E-state index in [2.05, 4.69) is 17.4 Å². The van der Waals surface area contributed by atoms with Gasteiger partial charge in [0, 0.05) is 6.54 Å². The number of hydrogen-bond acceptors (Lipinski definition) is 3. The van der Waals surface area contributed by atoms with Crippen molar-refractivity contribution in [3.05, 3.63) is 36.9 Å². The Labute approximate surface area is 94.8 Å². The van der Waals surface area contributed by atoms with Crippen LogP contribution in [0.25, 0.3) is 0 Å². The van der Waals surface area contributed by atoms with Crippen molar-refractivity contribution in [1.29, 1.82) is 0 Å². The highest BCUT2D eigenvalue weighted by atomic mass is 32.2. The van der Waals surface area contributed by atoms with Crippen molar-refractivity contribution in [3.63, 3.8) is 0 Å². The Balaban J connectivity index is 2.07. The Kier molecular flexibility index (Phi) is 3.69. The molecule has 1 unspecified atom stereocenters. The van der Waals surface area contributed by atoms with Crippen LogP contribution in [0.2, 0.25) is 0 Å². The molecule has 1 aliphatic rings. The maximum atomic E-state index is 5.93. The van der Waals surface area contributed by atoms with E-state index in [0.717, 1.165) is 25.1 Å². The van der Waals surface area contributed by atoms with Crippen molar-refractivity contribution in [1.82, 2.24) is 4.72 Å². The van der Waals surface area contributed by atoms with Gasteiger partial charge in [-0.25, -0.2) is 0 Å². The van der Waals surface area contributed by atoms with Crippen LogP contribution in [0.4, 0.5) is 0 Å². The van der Waals surface area contributed by atoms with Crippen LogP contribution in [0.3, 0.4) is 0 Å². The molecule has 2 nitrogen and oxygen atoms in total. The van der Waals surface area contributed by atoms with Gasteiger partial charge < -0.3 is 4.74 Å². The van der Waals surface area contributed by atoms with E-state index >= 15 is 0 Å². The number of fused-ring (bicyclic) bond motifs is 1. The molecule has 1 aromatic carbocycles. The highest BCUT2D eigenvalue weighted by Crippen LogP contribution is 2.30. The second kappa shape index (κ2) is 5.24. The fraction of sp³-hybridized carbons (Fsp3) is 0.333. The Morgan fingerprint density at radius 2 is 2.40 bits per heavy atom. The highest BCUT2D eigenvalue weighted by Gasteiger charge is 2.16. The number of rotatable bonds is 3. The Hall–Kier alpha value is -0.930. The van der Waals surface area contributed by atoms with E-state index in [4.69, 9.17) is 4.74 Å². The average molecular weight is 221 g/mol. The molecule has 80 valence electrons. The molecule has 1 aromatic rings. The summed E-state index contributed by atoms with van der Waals surface area (Å²) in [6.07, 6.45) is 4.21. The normalized spacial score (nSPS) is 19.9. The third-order valence-corrected chi connectivity index (χ3v) is 3.20. The second-order valence-corrected chi connectivity index (χ2v) is 4.44. The van der Waals surface area contributed by atoms with E-state index < -0.39 is 0 Å². The lowest BCUT2D eigenvalue weighted by molar-refractivity contribution is 0.195. The first-order chi connectivity index (χ1) is 7.40. The van der Waals surface area contributed by atoms with Crippen molar-refractivity contribution in [2.45, 2.75) is 23.8 Å². The lowest BCUT2D eigenvalue weighted by atomic mass is 10.2. The van der Waals surface area contributed by atoms with Gasteiger partial charge in [-0.2, -0.15) is 0 Å². The van der Waals surface area contributed by atoms with E-state index in [1.165, 1.54) is 4.90 Å². The topological polar surface area (TPSA) is 21.3 Å². The molecule has 0 bridgehead atoms. The van der Waals surface area contributed by atoms with Crippen LogP contribution in [0.5, 0.6) is 5.75 Å². The van der Waals surface area contributed by atoms with Gasteiger partial charge in [0.15, 0.2) is 0 Å². The van der Waals surface area contributed by atoms with E-state index in [9.17, 15) is 0 Å². The molecule has 0 radical (unpaired) electrons. The zero-order valence-electron chi connectivity index (χ0n) is 8.61.